The molecule has 1 aromatic heterocycles. The van der Waals surface area contributed by atoms with Crippen LogP contribution in [0.3, 0.4) is 0 Å². The molecule has 3 rings (SSSR count). The average molecular weight is 276 g/mol. The number of aliphatic hydroxyl groups excluding tert-OH is 1. The van der Waals surface area contributed by atoms with Gasteiger partial charge in [-0.05, 0) is 33.1 Å². The number of β-amino-alcohol motifs (C(OH)–C–C–N with tert-alkyl or cyclic N) is 1. The second kappa shape index (κ2) is 5.66. The highest BCUT2D eigenvalue weighted by atomic mass is 16.3. The lowest BCUT2D eigenvalue weighted by Gasteiger charge is -2.41. The summed E-state index contributed by atoms with van der Waals surface area (Å²) < 4.78 is 0. The molecule has 0 bridgehead atoms. The van der Waals surface area contributed by atoms with Crippen LogP contribution in [0.2, 0.25) is 0 Å². The number of aryl methyl sites for hydroxylation is 1. The van der Waals surface area contributed by atoms with Crippen molar-refractivity contribution in [3.05, 3.63) is 17.6 Å². The number of piperazine rings is 1. The molecule has 0 aromatic carbocycles. The van der Waals surface area contributed by atoms with Crippen LogP contribution >= 0.6 is 0 Å². The number of fused-ring (bicyclic) bond motifs is 1. The van der Waals surface area contributed by atoms with Crippen molar-refractivity contribution in [2.75, 3.05) is 31.1 Å². The van der Waals surface area contributed by atoms with Gasteiger partial charge in [-0.25, -0.2) is 9.97 Å². The molecule has 0 amide bonds. The Hall–Kier alpha value is -1.20. The molecule has 2 atom stereocenters. The van der Waals surface area contributed by atoms with E-state index in [0.29, 0.717) is 6.04 Å². The van der Waals surface area contributed by atoms with E-state index in [1.54, 1.807) is 6.33 Å². The van der Waals surface area contributed by atoms with Gasteiger partial charge in [-0.1, -0.05) is 0 Å². The smallest absolute Gasteiger partial charge is 0.135 e. The summed E-state index contributed by atoms with van der Waals surface area (Å²) in [6.07, 6.45) is 4.88. The van der Waals surface area contributed by atoms with E-state index in [1.165, 1.54) is 17.7 Å². The Morgan fingerprint density at radius 1 is 1.35 bits per heavy atom. The van der Waals surface area contributed by atoms with Crippen LogP contribution in [0.4, 0.5) is 5.82 Å². The SMILES string of the molecule is CC(O)CN1CCN(c2ncnc3c2CCC3)CC1C. The van der Waals surface area contributed by atoms with Crippen molar-refractivity contribution in [1.29, 1.82) is 0 Å². The van der Waals surface area contributed by atoms with Gasteiger partial charge in [-0.2, -0.15) is 0 Å². The number of anilines is 1. The van der Waals surface area contributed by atoms with E-state index >= 15 is 0 Å². The van der Waals surface area contributed by atoms with Crippen LogP contribution in [0.1, 0.15) is 31.5 Å². The van der Waals surface area contributed by atoms with Crippen LogP contribution in [0, 0.1) is 0 Å². The van der Waals surface area contributed by atoms with E-state index in [-0.39, 0.29) is 6.10 Å². The Morgan fingerprint density at radius 2 is 2.20 bits per heavy atom. The van der Waals surface area contributed by atoms with Gasteiger partial charge in [0.05, 0.1) is 6.10 Å². The van der Waals surface area contributed by atoms with Crippen LogP contribution in [-0.4, -0.2) is 58.3 Å². The number of rotatable bonds is 3. The fourth-order valence-corrected chi connectivity index (χ4v) is 3.41. The van der Waals surface area contributed by atoms with Crippen molar-refractivity contribution in [3.63, 3.8) is 0 Å². The van der Waals surface area contributed by atoms with E-state index < -0.39 is 0 Å². The molecule has 1 aliphatic heterocycles. The highest BCUT2D eigenvalue weighted by Crippen LogP contribution is 2.29. The van der Waals surface area contributed by atoms with Gasteiger partial charge in [0.1, 0.15) is 12.1 Å². The van der Waals surface area contributed by atoms with Gasteiger partial charge in [-0.15, -0.1) is 0 Å². The van der Waals surface area contributed by atoms with Crippen molar-refractivity contribution >= 4 is 5.82 Å². The molecular formula is C15H24N4O. The molecule has 1 aliphatic carbocycles. The lowest BCUT2D eigenvalue weighted by Crippen LogP contribution is -2.54. The molecule has 20 heavy (non-hydrogen) atoms. The quantitative estimate of drug-likeness (QED) is 0.887. The molecule has 5 nitrogen and oxygen atoms in total. The second-order valence-electron chi connectivity index (χ2n) is 6.12. The topological polar surface area (TPSA) is 52.5 Å². The minimum atomic E-state index is -0.257. The molecule has 2 aliphatic rings. The van der Waals surface area contributed by atoms with Crippen molar-refractivity contribution < 1.29 is 5.11 Å². The number of nitrogens with zero attached hydrogens (tertiary/aromatic N) is 4. The summed E-state index contributed by atoms with van der Waals surface area (Å²) in [5, 5.41) is 9.56. The first-order valence-electron chi connectivity index (χ1n) is 7.65. The summed E-state index contributed by atoms with van der Waals surface area (Å²) in [4.78, 5) is 13.7. The number of hydrogen-bond acceptors (Lipinski definition) is 5. The molecule has 1 N–H and O–H groups in total. The summed E-state index contributed by atoms with van der Waals surface area (Å²) in [7, 11) is 0. The molecule has 0 radical (unpaired) electrons. The van der Waals surface area contributed by atoms with Crippen LogP contribution in [0.25, 0.3) is 0 Å². The second-order valence-corrected chi connectivity index (χ2v) is 6.12. The average Bonchev–Trinajstić information content (AvgIpc) is 2.88. The van der Waals surface area contributed by atoms with Gasteiger partial charge in [0.2, 0.25) is 0 Å². The maximum absolute atomic E-state index is 9.56. The predicted octanol–water partition coefficient (Wildman–Crippen LogP) is 0.857. The standard InChI is InChI=1S/C15H24N4O/c1-11-8-19(7-6-18(11)9-12(2)20)15-13-4-3-5-14(13)16-10-17-15/h10-12,20H,3-9H2,1-2H3. The predicted molar refractivity (Wildman–Crippen MR) is 79.0 cm³/mol. The molecule has 1 saturated heterocycles. The maximum Gasteiger partial charge on any atom is 0.135 e. The lowest BCUT2D eigenvalue weighted by atomic mass is 10.1. The zero-order chi connectivity index (χ0) is 14.1. The third-order valence-corrected chi connectivity index (χ3v) is 4.42. The highest BCUT2D eigenvalue weighted by molar-refractivity contribution is 5.51. The zero-order valence-corrected chi connectivity index (χ0v) is 12.4. The Morgan fingerprint density at radius 3 is 2.95 bits per heavy atom. The summed E-state index contributed by atoms with van der Waals surface area (Å²) in [6, 6.07) is 0.449. The van der Waals surface area contributed by atoms with Crippen molar-refractivity contribution in [2.45, 2.75) is 45.3 Å². The molecular weight excluding hydrogens is 252 g/mol. The number of aromatic nitrogens is 2. The highest BCUT2D eigenvalue weighted by Gasteiger charge is 2.28. The molecule has 2 unspecified atom stereocenters. The Bertz CT molecular complexity index is 477. The van der Waals surface area contributed by atoms with E-state index in [0.717, 1.165) is 44.8 Å². The van der Waals surface area contributed by atoms with E-state index in [4.69, 9.17) is 0 Å². The van der Waals surface area contributed by atoms with E-state index in [9.17, 15) is 5.11 Å². The van der Waals surface area contributed by atoms with Crippen LogP contribution in [-0.2, 0) is 12.8 Å². The van der Waals surface area contributed by atoms with Gasteiger partial charge in [0.15, 0.2) is 0 Å². The molecule has 1 aromatic rings. The molecule has 1 fully saturated rings. The Labute approximate surface area is 120 Å². The molecule has 2 heterocycles. The van der Waals surface area contributed by atoms with Gasteiger partial charge in [0, 0.05) is 43.5 Å². The fraction of sp³-hybridized carbons (Fsp3) is 0.733. The Balaban J connectivity index is 1.73. The maximum atomic E-state index is 9.56. The molecule has 5 heteroatoms. The zero-order valence-electron chi connectivity index (χ0n) is 12.4. The van der Waals surface area contributed by atoms with Crippen molar-refractivity contribution in [2.24, 2.45) is 0 Å². The molecule has 0 spiro atoms. The number of hydrogen-bond donors (Lipinski definition) is 1. The monoisotopic (exact) mass is 276 g/mol. The van der Waals surface area contributed by atoms with Gasteiger partial charge in [-0.3, -0.25) is 4.90 Å². The molecule has 110 valence electrons. The van der Waals surface area contributed by atoms with Crippen molar-refractivity contribution in [1.82, 2.24) is 14.9 Å². The minimum absolute atomic E-state index is 0.257. The lowest BCUT2D eigenvalue weighted by molar-refractivity contribution is 0.0958. The van der Waals surface area contributed by atoms with E-state index in [2.05, 4.69) is 26.7 Å². The summed E-state index contributed by atoms with van der Waals surface area (Å²) in [5.41, 5.74) is 2.61. The normalized spacial score (nSPS) is 24.8. The van der Waals surface area contributed by atoms with Crippen molar-refractivity contribution in [3.8, 4) is 0 Å². The Kier molecular flexibility index (Phi) is 3.89. The third kappa shape index (κ3) is 2.65. The first-order chi connectivity index (χ1) is 9.65. The first kappa shape index (κ1) is 13.8. The van der Waals surface area contributed by atoms with Crippen LogP contribution in [0.5, 0.6) is 0 Å². The molecule has 0 saturated carbocycles. The fourth-order valence-electron chi connectivity index (χ4n) is 3.41. The minimum Gasteiger partial charge on any atom is -0.392 e. The van der Waals surface area contributed by atoms with E-state index in [1.807, 2.05) is 6.92 Å². The summed E-state index contributed by atoms with van der Waals surface area (Å²) >= 11 is 0. The largest absolute Gasteiger partial charge is 0.392 e. The first-order valence-corrected chi connectivity index (χ1v) is 7.65. The van der Waals surface area contributed by atoms with Crippen LogP contribution < -0.4 is 4.90 Å². The van der Waals surface area contributed by atoms with Gasteiger partial charge >= 0.3 is 0 Å². The van der Waals surface area contributed by atoms with Gasteiger partial charge < -0.3 is 10.0 Å². The van der Waals surface area contributed by atoms with Crippen LogP contribution in [0.15, 0.2) is 6.33 Å². The third-order valence-electron chi connectivity index (χ3n) is 4.42. The van der Waals surface area contributed by atoms with Gasteiger partial charge in [0.25, 0.3) is 0 Å². The summed E-state index contributed by atoms with van der Waals surface area (Å²) in [6.45, 7) is 7.81. The number of aliphatic hydroxyl groups is 1. The summed E-state index contributed by atoms with van der Waals surface area (Å²) in [5.74, 6) is 1.15.